The summed E-state index contributed by atoms with van der Waals surface area (Å²) < 4.78 is 42.3. The molecule has 2 aromatic carbocycles. The minimum absolute atomic E-state index is 0.0178. The zero-order valence-corrected chi connectivity index (χ0v) is 33.2. The van der Waals surface area contributed by atoms with E-state index in [1.807, 2.05) is 19.9 Å². The van der Waals surface area contributed by atoms with Gasteiger partial charge < -0.3 is 30.4 Å². The predicted octanol–water partition coefficient (Wildman–Crippen LogP) is 1.13. The van der Waals surface area contributed by atoms with Crippen LogP contribution in [0.4, 0.5) is 0 Å². The second kappa shape index (κ2) is 17.9. The number of rotatable bonds is 8. The lowest BCUT2D eigenvalue weighted by Gasteiger charge is -2.26. The van der Waals surface area contributed by atoms with Gasteiger partial charge in [0.25, 0.3) is 5.56 Å². The van der Waals surface area contributed by atoms with Gasteiger partial charge in [0.05, 0.1) is 36.1 Å². The van der Waals surface area contributed by atoms with Crippen molar-refractivity contribution < 1.29 is 32.3 Å². The van der Waals surface area contributed by atoms with Gasteiger partial charge in [0.15, 0.2) is 17.3 Å². The standard InChI is InChI=1S/C37H49N9O9S/c1-7-22(2)33-35(49)39-23(3)34-41-30(19-24-11-14-28(54-5)29(18-24)55-6)43-46(34)21-32(48)38-15-9-17-45(16-8-10-31(47)42-33)56(52,53)25-12-13-27-26(20-25)36(50)44(4)37(51)40-27/h11-14,18,20,22-23,33H,7-10,15-17,19,21H2,1-6H3,(H,38,48)(H,39,49)(H,40,51)(H,42,47)/t22-,23+,33-/m0/s1. The number of methoxy groups -OCH3 is 2. The van der Waals surface area contributed by atoms with E-state index in [0.717, 1.165) is 10.1 Å². The van der Waals surface area contributed by atoms with Gasteiger partial charge in [0.2, 0.25) is 27.7 Å². The van der Waals surface area contributed by atoms with E-state index in [2.05, 4.69) is 26.0 Å². The number of fused-ring (bicyclic) bond motifs is 2. The highest BCUT2D eigenvalue weighted by Crippen LogP contribution is 2.28. The van der Waals surface area contributed by atoms with Crippen molar-refractivity contribution in [3.8, 4) is 11.5 Å². The number of H-pyrrole nitrogens is 1. The van der Waals surface area contributed by atoms with Crippen LogP contribution in [-0.4, -0.2) is 94.7 Å². The molecule has 3 heterocycles. The molecule has 302 valence electrons. The topological polar surface area (TPSA) is 229 Å². The van der Waals surface area contributed by atoms with Crippen LogP contribution in [0.2, 0.25) is 0 Å². The number of carbonyl (C=O) groups is 3. The lowest BCUT2D eigenvalue weighted by atomic mass is 9.97. The molecule has 0 saturated heterocycles. The van der Waals surface area contributed by atoms with Crippen LogP contribution in [0, 0.1) is 5.92 Å². The van der Waals surface area contributed by atoms with Crippen molar-refractivity contribution in [2.24, 2.45) is 13.0 Å². The van der Waals surface area contributed by atoms with E-state index in [-0.39, 0.29) is 73.6 Å². The Bertz CT molecular complexity index is 2320. The van der Waals surface area contributed by atoms with E-state index >= 15 is 0 Å². The number of amides is 3. The summed E-state index contributed by atoms with van der Waals surface area (Å²) in [4.78, 5) is 72.4. The SMILES string of the molecule is CC[C@H](C)[C@@H]1NC(=O)CCCN(S(=O)(=O)c2ccc3[nH]c(=O)n(C)c(=O)c3c2)CCCNC(=O)Cn2nc(Cc3ccc(OC)c(OC)c3)nc2[C@@H](C)NC1=O. The first-order valence-electron chi connectivity index (χ1n) is 18.4. The summed E-state index contributed by atoms with van der Waals surface area (Å²) in [6.07, 6.45) is 1.12. The van der Waals surface area contributed by atoms with E-state index < -0.39 is 51.1 Å². The normalized spacial score (nSPS) is 18.9. The fraction of sp³-hybridized carbons (Fsp3) is 0.486. The summed E-state index contributed by atoms with van der Waals surface area (Å²) >= 11 is 0. The molecule has 5 rings (SSSR count). The first kappa shape index (κ1) is 41.6. The molecular formula is C37H49N9O9S. The van der Waals surface area contributed by atoms with Gasteiger partial charge >= 0.3 is 5.69 Å². The summed E-state index contributed by atoms with van der Waals surface area (Å²) in [5.74, 6) is 0.251. The first-order chi connectivity index (χ1) is 26.7. The molecule has 0 aliphatic carbocycles. The first-order valence-corrected chi connectivity index (χ1v) is 19.8. The Kier molecular flexibility index (Phi) is 13.3. The van der Waals surface area contributed by atoms with E-state index in [0.29, 0.717) is 29.6 Å². The zero-order chi connectivity index (χ0) is 40.7. The zero-order valence-electron chi connectivity index (χ0n) is 32.4. The van der Waals surface area contributed by atoms with E-state index in [1.165, 1.54) is 41.3 Å². The third kappa shape index (κ3) is 9.44. The van der Waals surface area contributed by atoms with Crippen molar-refractivity contribution in [3.05, 3.63) is 74.4 Å². The third-order valence-electron chi connectivity index (χ3n) is 9.83. The minimum atomic E-state index is -4.22. The van der Waals surface area contributed by atoms with Crippen molar-refractivity contribution in [1.82, 2.24) is 44.6 Å². The molecule has 0 radical (unpaired) electrons. The van der Waals surface area contributed by atoms with Crippen LogP contribution >= 0.6 is 0 Å². The maximum absolute atomic E-state index is 14.0. The average Bonchev–Trinajstić information content (AvgIpc) is 3.57. The van der Waals surface area contributed by atoms with Gasteiger partial charge in [-0.2, -0.15) is 9.40 Å². The Labute approximate surface area is 324 Å². The fourth-order valence-electron chi connectivity index (χ4n) is 6.44. The fourth-order valence-corrected chi connectivity index (χ4v) is 7.98. The van der Waals surface area contributed by atoms with Crippen molar-refractivity contribution >= 4 is 38.6 Å². The predicted molar refractivity (Wildman–Crippen MR) is 206 cm³/mol. The number of hydrogen-bond donors (Lipinski definition) is 4. The number of nitrogens with zero attached hydrogens (tertiary/aromatic N) is 5. The Hall–Kier alpha value is -5.56. The maximum Gasteiger partial charge on any atom is 0.328 e. The van der Waals surface area contributed by atoms with E-state index in [9.17, 15) is 32.4 Å². The summed E-state index contributed by atoms with van der Waals surface area (Å²) in [5, 5.41) is 13.2. The van der Waals surface area contributed by atoms with Crippen LogP contribution in [0.5, 0.6) is 11.5 Å². The molecule has 1 aliphatic rings. The van der Waals surface area contributed by atoms with Crippen LogP contribution in [0.1, 0.15) is 69.7 Å². The second-order valence-corrected chi connectivity index (χ2v) is 15.7. The molecule has 0 spiro atoms. The van der Waals surface area contributed by atoms with Crippen molar-refractivity contribution in [1.29, 1.82) is 0 Å². The number of nitrogens with one attached hydrogen (secondary N) is 4. The molecule has 19 heteroatoms. The number of benzene rings is 2. The molecule has 1 aliphatic heterocycles. The van der Waals surface area contributed by atoms with Gasteiger partial charge in [-0.15, -0.1) is 0 Å². The maximum atomic E-state index is 14.0. The molecular weight excluding hydrogens is 747 g/mol. The molecule has 4 N–H and O–H groups in total. The van der Waals surface area contributed by atoms with Crippen LogP contribution < -0.4 is 36.7 Å². The number of ether oxygens (including phenoxy) is 2. The van der Waals surface area contributed by atoms with Crippen LogP contribution in [0.3, 0.4) is 0 Å². The monoisotopic (exact) mass is 795 g/mol. The molecule has 56 heavy (non-hydrogen) atoms. The van der Waals surface area contributed by atoms with Crippen LogP contribution in [0.25, 0.3) is 10.9 Å². The van der Waals surface area contributed by atoms with Gasteiger partial charge in [-0.25, -0.2) is 22.9 Å². The number of hydrogen-bond acceptors (Lipinski definition) is 11. The molecule has 0 fully saturated rings. The third-order valence-corrected chi connectivity index (χ3v) is 11.7. The second-order valence-electron chi connectivity index (χ2n) is 13.8. The van der Waals surface area contributed by atoms with Crippen molar-refractivity contribution in [2.45, 2.75) is 76.4 Å². The molecule has 4 aromatic rings. The number of sulfonamides is 1. The highest BCUT2D eigenvalue weighted by Gasteiger charge is 2.30. The summed E-state index contributed by atoms with van der Waals surface area (Å²) in [6.45, 7) is 5.25. The molecule has 0 saturated carbocycles. The molecule has 2 aromatic heterocycles. The Morgan fingerprint density at radius 3 is 2.39 bits per heavy atom. The molecule has 3 atom stereocenters. The van der Waals surface area contributed by atoms with Gasteiger partial charge in [0.1, 0.15) is 18.4 Å². The van der Waals surface area contributed by atoms with E-state index in [4.69, 9.17) is 14.5 Å². The largest absolute Gasteiger partial charge is 0.493 e. The Morgan fingerprint density at radius 2 is 1.68 bits per heavy atom. The van der Waals surface area contributed by atoms with Gasteiger partial charge in [-0.1, -0.05) is 26.3 Å². The quantitative estimate of drug-likeness (QED) is 0.198. The summed E-state index contributed by atoms with van der Waals surface area (Å²) in [7, 11) is 0.141. The van der Waals surface area contributed by atoms with Crippen molar-refractivity contribution in [3.63, 3.8) is 0 Å². The van der Waals surface area contributed by atoms with E-state index in [1.54, 1.807) is 26.2 Å². The van der Waals surface area contributed by atoms with Gasteiger partial charge in [-0.05, 0) is 61.6 Å². The Morgan fingerprint density at radius 1 is 0.946 bits per heavy atom. The lowest BCUT2D eigenvalue weighted by molar-refractivity contribution is -0.130. The summed E-state index contributed by atoms with van der Waals surface area (Å²) in [6, 6.07) is 7.69. The number of aromatic amines is 1. The highest BCUT2D eigenvalue weighted by atomic mass is 32.2. The number of carbonyl (C=O) groups excluding carboxylic acids is 3. The number of aromatic nitrogens is 5. The molecule has 3 amide bonds. The average molecular weight is 796 g/mol. The lowest BCUT2D eigenvalue weighted by Crippen LogP contribution is -2.51. The highest BCUT2D eigenvalue weighted by molar-refractivity contribution is 7.89. The van der Waals surface area contributed by atoms with Crippen molar-refractivity contribution in [2.75, 3.05) is 33.9 Å². The Balaban J connectivity index is 1.43. The minimum Gasteiger partial charge on any atom is -0.493 e. The smallest absolute Gasteiger partial charge is 0.328 e. The molecule has 0 bridgehead atoms. The van der Waals surface area contributed by atoms with Crippen LogP contribution in [0.15, 0.2) is 50.9 Å². The van der Waals surface area contributed by atoms with Crippen LogP contribution in [-0.2, 0) is 44.4 Å². The van der Waals surface area contributed by atoms with Gasteiger partial charge in [-0.3, -0.25) is 23.7 Å². The molecule has 0 unspecified atom stereocenters. The van der Waals surface area contributed by atoms with Gasteiger partial charge in [0, 0.05) is 39.5 Å². The summed E-state index contributed by atoms with van der Waals surface area (Å²) in [5.41, 5.74) is -0.284. The molecule has 18 nitrogen and oxygen atoms in total.